The molecule has 0 spiro atoms. The van der Waals surface area contributed by atoms with Crippen LogP contribution in [0.15, 0.2) is 47.4 Å². The molecule has 1 unspecified atom stereocenters. The van der Waals surface area contributed by atoms with E-state index in [1.54, 1.807) is 24.3 Å². The van der Waals surface area contributed by atoms with E-state index in [2.05, 4.69) is 0 Å². The van der Waals surface area contributed by atoms with Crippen LogP contribution in [0.4, 0.5) is 0 Å². The molecule has 0 saturated carbocycles. The Morgan fingerprint density at radius 1 is 1.05 bits per heavy atom. The lowest BCUT2D eigenvalue weighted by molar-refractivity contribution is 0.0710. The fraction of sp³-hybridized carbons (Fsp3) is 0.294. The monoisotopic (exact) mass is 302 g/mol. The Labute approximate surface area is 125 Å². The van der Waals surface area contributed by atoms with Crippen molar-refractivity contribution >= 4 is 9.84 Å². The summed E-state index contributed by atoms with van der Waals surface area (Å²) in [6.45, 7) is 3.91. The Kier molecular flexibility index (Phi) is 3.19. The molecule has 1 aliphatic heterocycles. The predicted molar refractivity (Wildman–Crippen MR) is 82.0 cm³/mol. The highest BCUT2D eigenvalue weighted by Gasteiger charge is 2.42. The van der Waals surface area contributed by atoms with Crippen molar-refractivity contribution in [2.75, 3.05) is 5.75 Å². The molecule has 4 heteroatoms. The summed E-state index contributed by atoms with van der Waals surface area (Å²) >= 11 is 0. The fourth-order valence-corrected chi connectivity index (χ4v) is 4.71. The summed E-state index contributed by atoms with van der Waals surface area (Å²) in [6, 6.07) is 12.7. The van der Waals surface area contributed by atoms with Crippen LogP contribution in [0.25, 0.3) is 0 Å². The zero-order valence-electron chi connectivity index (χ0n) is 12.1. The molecule has 0 saturated heterocycles. The van der Waals surface area contributed by atoms with Crippen LogP contribution >= 0.6 is 0 Å². The summed E-state index contributed by atoms with van der Waals surface area (Å²) in [7, 11) is -3.30. The number of rotatable bonds is 1. The number of hydrogen-bond donors (Lipinski definition) is 1. The quantitative estimate of drug-likeness (QED) is 0.881. The molecule has 0 aliphatic carbocycles. The third-order valence-corrected chi connectivity index (χ3v) is 6.01. The second-order valence-corrected chi connectivity index (χ2v) is 7.82. The summed E-state index contributed by atoms with van der Waals surface area (Å²) < 4.78 is 24.5. The molecule has 2 aromatic carbocycles. The molecule has 1 N–H and O–H groups in total. The highest BCUT2D eigenvalue weighted by molar-refractivity contribution is 7.91. The molecule has 0 fully saturated rings. The van der Waals surface area contributed by atoms with Gasteiger partial charge in [-0.25, -0.2) is 8.42 Å². The van der Waals surface area contributed by atoms with E-state index in [1.807, 2.05) is 32.0 Å². The molecule has 3 rings (SSSR count). The minimum Gasteiger partial charge on any atom is -0.380 e. The van der Waals surface area contributed by atoms with Crippen molar-refractivity contribution in [3.05, 3.63) is 64.7 Å². The second kappa shape index (κ2) is 4.68. The summed E-state index contributed by atoms with van der Waals surface area (Å²) in [4.78, 5) is 0.250. The van der Waals surface area contributed by atoms with Gasteiger partial charge in [-0.1, -0.05) is 42.0 Å². The lowest BCUT2D eigenvalue weighted by atomic mass is 9.81. The SMILES string of the molecule is Cc1ccc(C)c(C2(O)CCS(=O)(=O)c3ccccc32)c1. The molecule has 1 aliphatic rings. The van der Waals surface area contributed by atoms with E-state index in [-0.39, 0.29) is 17.1 Å². The van der Waals surface area contributed by atoms with Crippen LogP contribution in [0.1, 0.15) is 28.7 Å². The van der Waals surface area contributed by atoms with Crippen LogP contribution in [0.5, 0.6) is 0 Å². The van der Waals surface area contributed by atoms with Crippen LogP contribution < -0.4 is 0 Å². The molecule has 0 aromatic heterocycles. The van der Waals surface area contributed by atoms with Gasteiger partial charge < -0.3 is 5.11 Å². The maximum absolute atomic E-state index is 12.2. The van der Waals surface area contributed by atoms with Gasteiger partial charge in [0.05, 0.1) is 10.6 Å². The average molecular weight is 302 g/mol. The smallest absolute Gasteiger partial charge is 0.178 e. The van der Waals surface area contributed by atoms with Crippen LogP contribution in [-0.2, 0) is 15.4 Å². The first kappa shape index (κ1) is 14.3. The van der Waals surface area contributed by atoms with Crippen molar-refractivity contribution in [1.82, 2.24) is 0 Å². The topological polar surface area (TPSA) is 54.4 Å². The van der Waals surface area contributed by atoms with E-state index in [0.717, 1.165) is 16.7 Å². The molecule has 0 radical (unpaired) electrons. The van der Waals surface area contributed by atoms with Crippen molar-refractivity contribution in [3.63, 3.8) is 0 Å². The molecular weight excluding hydrogens is 284 g/mol. The molecule has 1 atom stereocenters. The number of sulfone groups is 1. The van der Waals surface area contributed by atoms with Gasteiger partial charge in [-0.15, -0.1) is 0 Å². The summed E-state index contributed by atoms with van der Waals surface area (Å²) in [5.74, 6) is -0.0338. The lowest BCUT2D eigenvalue weighted by Crippen LogP contribution is -2.37. The maximum Gasteiger partial charge on any atom is 0.178 e. The van der Waals surface area contributed by atoms with E-state index in [1.165, 1.54) is 0 Å². The Balaban J connectivity index is 2.30. The van der Waals surface area contributed by atoms with E-state index in [4.69, 9.17) is 0 Å². The summed E-state index contributed by atoms with van der Waals surface area (Å²) in [5.41, 5.74) is 2.07. The van der Waals surface area contributed by atoms with Gasteiger partial charge in [0, 0.05) is 5.56 Å². The average Bonchev–Trinajstić information content (AvgIpc) is 2.46. The van der Waals surface area contributed by atoms with Gasteiger partial charge in [0.2, 0.25) is 0 Å². The molecule has 3 nitrogen and oxygen atoms in total. The van der Waals surface area contributed by atoms with Crippen LogP contribution in [0, 0.1) is 13.8 Å². The van der Waals surface area contributed by atoms with E-state index < -0.39 is 15.4 Å². The van der Waals surface area contributed by atoms with Crippen molar-refractivity contribution in [1.29, 1.82) is 0 Å². The minimum absolute atomic E-state index is 0.0338. The largest absolute Gasteiger partial charge is 0.380 e. The standard InChI is InChI=1S/C17H18O3S/c1-12-7-8-13(2)15(11-12)17(18)9-10-21(19,20)16-6-4-3-5-14(16)17/h3-8,11,18H,9-10H2,1-2H3. The van der Waals surface area contributed by atoms with Crippen molar-refractivity contribution in [2.45, 2.75) is 30.8 Å². The summed E-state index contributed by atoms with van der Waals surface area (Å²) in [5, 5.41) is 11.3. The fourth-order valence-electron chi connectivity index (χ4n) is 3.07. The Morgan fingerprint density at radius 3 is 2.52 bits per heavy atom. The number of aliphatic hydroxyl groups is 1. The normalized spacial score (nSPS) is 23.6. The first-order valence-corrected chi connectivity index (χ1v) is 8.62. The van der Waals surface area contributed by atoms with Gasteiger partial charge >= 0.3 is 0 Å². The molecular formula is C17H18O3S. The van der Waals surface area contributed by atoms with Gasteiger partial charge in [0.25, 0.3) is 0 Å². The Hall–Kier alpha value is -1.65. The predicted octanol–water partition coefficient (Wildman–Crippen LogP) is 2.72. The van der Waals surface area contributed by atoms with Crippen molar-refractivity contribution in [3.8, 4) is 0 Å². The van der Waals surface area contributed by atoms with Crippen LogP contribution in [0.3, 0.4) is 0 Å². The maximum atomic E-state index is 12.2. The lowest BCUT2D eigenvalue weighted by Gasteiger charge is -2.35. The number of aryl methyl sites for hydroxylation is 2. The van der Waals surface area contributed by atoms with Gasteiger partial charge in [-0.05, 0) is 37.5 Å². The van der Waals surface area contributed by atoms with E-state index in [9.17, 15) is 13.5 Å². The molecule has 2 aromatic rings. The number of benzene rings is 2. The first-order valence-electron chi connectivity index (χ1n) is 6.97. The highest BCUT2D eigenvalue weighted by atomic mass is 32.2. The molecule has 0 amide bonds. The highest BCUT2D eigenvalue weighted by Crippen LogP contribution is 2.42. The zero-order chi connectivity index (χ0) is 15.3. The molecule has 0 bridgehead atoms. The zero-order valence-corrected chi connectivity index (χ0v) is 12.9. The van der Waals surface area contributed by atoms with Gasteiger partial charge in [0.15, 0.2) is 9.84 Å². The van der Waals surface area contributed by atoms with Crippen molar-refractivity contribution in [2.24, 2.45) is 0 Å². The summed E-state index contributed by atoms with van der Waals surface area (Å²) in [6.07, 6.45) is 0.191. The van der Waals surface area contributed by atoms with Gasteiger partial charge in [-0.3, -0.25) is 0 Å². The third kappa shape index (κ3) is 2.19. The molecule has 110 valence electrons. The first-order chi connectivity index (χ1) is 9.84. The third-order valence-electron chi connectivity index (χ3n) is 4.24. The van der Waals surface area contributed by atoms with Crippen LogP contribution in [-0.4, -0.2) is 19.3 Å². The Bertz CT molecular complexity index is 809. The van der Waals surface area contributed by atoms with Crippen LogP contribution in [0.2, 0.25) is 0 Å². The molecule has 1 heterocycles. The number of fused-ring (bicyclic) bond motifs is 1. The number of hydrogen-bond acceptors (Lipinski definition) is 3. The molecule has 21 heavy (non-hydrogen) atoms. The Morgan fingerprint density at radius 2 is 1.76 bits per heavy atom. The van der Waals surface area contributed by atoms with E-state index in [0.29, 0.717) is 5.56 Å². The van der Waals surface area contributed by atoms with Gasteiger partial charge in [-0.2, -0.15) is 0 Å². The van der Waals surface area contributed by atoms with Gasteiger partial charge in [0.1, 0.15) is 5.60 Å². The van der Waals surface area contributed by atoms with Crippen molar-refractivity contribution < 1.29 is 13.5 Å². The minimum atomic E-state index is -3.30. The van der Waals surface area contributed by atoms with E-state index >= 15 is 0 Å². The second-order valence-electron chi connectivity index (χ2n) is 5.74.